The van der Waals surface area contributed by atoms with Gasteiger partial charge in [0, 0.05) is 18.9 Å². The number of nitrogens with zero attached hydrogens (tertiary/aromatic N) is 1. The maximum absolute atomic E-state index is 3.80. The molecule has 1 heteroatoms. The van der Waals surface area contributed by atoms with Gasteiger partial charge in [-0.1, -0.05) is 55.6 Å². The summed E-state index contributed by atoms with van der Waals surface area (Å²) in [6, 6.07) is 10.4. The van der Waals surface area contributed by atoms with E-state index in [9.17, 15) is 0 Å². The predicted octanol–water partition coefficient (Wildman–Crippen LogP) is 3.82. The zero-order valence-corrected chi connectivity index (χ0v) is 9.26. The number of benzene rings is 1. The minimum absolute atomic E-state index is 0.884. The lowest BCUT2D eigenvalue weighted by molar-refractivity contribution is 0.805. The summed E-state index contributed by atoms with van der Waals surface area (Å²) in [5.41, 5.74) is 3.56. The summed E-state index contributed by atoms with van der Waals surface area (Å²) >= 11 is 0. The first kappa shape index (κ1) is 10.5. The van der Waals surface area contributed by atoms with E-state index in [4.69, 9.17) is 0 Å². The predicted molar refractivity (Wildman–Crippen MR) is 70.2 cm³/mol. The highest BCUT2D eigenvalue weighted by atomic mass is 14.9. The zero-order valence-electron chi connectivity index (χ0n) is 9.26. The normalized spacial score (nSPS) is 10.0. The fourth-order valence-corrected chi connectivity index (χ4v) is 1.77. The molecular weight excluding hydrogens is 194 g/mol. The Hall–Kier alpha value is -2.02. The molecule has 0 bridgehead atoms. The Kier molecular flexibility index (Phi) is 3.06. The fraction of sp³-hybridized carbons (Fsp3) is 0.0667. The summed E-state index contributed by atoms with van der Waals surface area (Å²) in [5, 5.41) is 0. The van der Waals surface area contributed by atoms with Gasteiger partial charge in [-0.3, -0.25) is 0 Å². The van der Waals surface area contributed by atoms with Crippen LogP contribution in [0.3, 0.4) is 0 Å². The van der Waals surface area contributed by atoms with Crippen molar-refractivity contribution in [2.24, 2.45) is 0 Å². The van der Waals surface area contributed by atoms with Gasteiger partial charge in [-0.15, -0.1) is 0 Å². The number of hydrogen-bond acceptors (Lipinski definition) is 0. The second-order valence-electron chi connectivity index (χ2n) is 3.74. The molecule has 1 nitrogen and oxygen atoms in total. The maximum atomic E-state index is 3.80. The molecule has 1 heterocycles. The molecule has 0 aliphatic rings. The van der Waals surface area contributed by atoms with E-state index in [0.717, 1.165) is 17.7 Å². The fourth-order valence-electron chi connectivity index (χ4n) is 1.77. The molecule has 0 atom stereocenters. The van der Waals surface area contributed by atoms with Gasteiger partial charge in [0.25, 0.3) is 0 Å². The van der Waals surface area contributed by atoms with Crippen molar-refractivity contribution >= 4 is 12.2 Å². The molecular formula is C15H15N. The molecule has 0 fully saturated rings. The first-order chi connectivity index (χ1) is 7.83. The Morgan fingerprint density at radius 3 is 2.00 bits per heavy atom. The molecule has 0 aliphatic heterocycles. The zero-order chi connectivity index (χ0) is 11.4. The van der Waals surface area contributed by atoms with Gasteiger partial charge >= 0.3 is 0 Å². The van der Waals surface area contributed by atoms with Crippen LogP contribution in [0.1, 0.15) is 16.7 Å². The second-order valence-corrected chi connectivity index (χ2v) is 3.74. The third kappa shape index (κ3) is 2.14. The molecule has 0 amide bonds. The van der Waals surface area contributed by atoms with Crippen molar-refractivity contribution in [3.8, 4) is 0 Å². The minimum Gasteiger partial charge on any atom is -0.349 e. The Morgan fingerprint density at radius 1 is 0.938 bits per heavy atom. The average molecular weight is 209 g/mol. The molecule has 0 radical (unpaired) electrons. The van der Waals surface area contributed by atoms with Crippen LogP contribution in [0.2, 0.25) is 0 Å². The van der Waals surface area contributed by atoms with Crippen LogP contribution in [0.4, 0.5) is 0 Å². The van der Waals surface area contributed by atoms with Crippen molar-refractivity contribution in [3.05, 3.63) is 72.6 Å². The van der Waals surface area contributed by atoms with Gasteiger partial charge in [-0.05, 0) is 16.7 Å². The monoisotopic (exact) mass is 209 g/mol. The molecule has 1 aromatic heterocycles. The highest BCUT2D eigenvalue weighted by molar-refractivity contribution is 5.62. The first-order valence-electron chi connectivity index (χ1n) is 5.32. The van der Waals surface area contributed by atoms with Crippen molar-refractivity contribution in [1.82, 2.24) is 4.57 Å². The summed E-state index contributed by atoms with van der Waals surface area (Å²) < 4.78 is 2.16. The van der Waals surface area contributed by atoms with Crippen molar-refractivity contribution in [1.29, 1.82) is 0 Å². The molecule has 0 unspecified atom stereocenters. The quantitative estimate of drug-likeness (QED) is 0.721. The SMILES string of the molecule is C=Cc1cn(Cc2ccccc2)cc1C=C. The largest absolute Gasteiger partial charge is 0.349 e. The molecule has 2 aromatic rings. The van der Waals surface area contributed by atoms with Gasteiger partial charge in [0.1, 0.15) is 0 Å². The summed E-state index contributed by atoms with van der Waals surface area (Å²) in [7, 11) is 0. The van der Waals surface area contributed by atoms with Crippen molar-refractivity contribution in [2.45, 2.75) is 6.54 Å². The first-order valence-corrected chi connectivity index (χ1v) is 5.32. The van der Waals surface area contributed by atoms with Crippen LogP contribution in [-0.2, 0) is 6.54 Å². The molecule has 16 heavy (non-hydrogen) atoms. The Bertz CT molecular complexity index is 466. The number of hydrogen-bond donors (Lipinski definition) is 0. The van der Waals surface area contributed by atoms with E-state index in [1.54, 1.807) is 0 Å². The van der Waals surface area contributed by atoms with E-state index in [-0.39, 0.29) is 0 Å². The molecule has 80 valence electrons. The summed E-state index contributed by atoms with van der Waals surface area (Å²) in [4.78, 5) is 0. The third-order valence-corrected chi connectivity index (χ3v) is 2.59. The lowest BCUT2D eigenvalue weighted by Gasteiger charge is -2.01. The van der Waals surface area contributed by atoms with Crippen molar-refractivity contribution in [2.75, 3.05) is 0 Å². The molecule has 1 aromatic carbocycles. The van der Waals surface area contributed by atoms with Crippen molar-refractivity contribution in [3.63, 3.8) is 0 Å². The second kappa shape index (κ2) is 4.67. The third-order valence-electron chi connectivity index (χ3n) is 2.59. The summed E-state index contributed by atoms with van der Waals surface area (Å²) in [6.45, 7) is 8.48. The van der Waals surface area contributed by atoms with Gasteiger partial charge in [0.2, 0.25) is 0 Å². The summed E-state index contributed by atoms with van der Waals surface area (Å²) in [5.74, 6) is 0. The van der Waals surface area contributed by atoms with Gasteiger partial charge in [0.05, 0.1) is 0 Å². The van der Waals surface area contributed by atoms with Crippen LogP contribution in [-0.4, -0.2) is 4.57 Å². The van der Waals surface area contributed by atoms with Gasteiger partial charge in [-0.2, -0.15) is 0 Å². The average Bonchev–Trinajstić information content (AvgIpc) is 2.72. The van der Waals surface area contributed by atoms with E-state index in [1.165, 1.54) is 5.56 Å². The Balaban J connectivity index is 2.25. The standard InChI is InChI=1S/C15H15N/c1-3-14-11-16(12-15(14)4-2)10-13-8-6-5-7-9-13/h3-9,11-12H,1-2,10H2. The van der Waals surface area contributed by atoms with Crippen molar-refractivity contribution < 1.29 is 0 Å². The van der Waals surface area contributed by atoms with Gasteiger partial charge < -0.3 is 4.57 Å². The van der Waals surface area contributed by atoms with Crippen LogP contribution in [0, 0.1) is 0 Å². The molecule has 0 saturated carbocycles. The van der Waals surface area contributed by atoms with E-state index in [0.29, 0.717) is 0 Å². The van der Waals surface area contributed by atoms with E-state index in [2.05, 4.69) is 54.4 Å². The lowest BCUT2D eigenvalue weighted by Crippen LogP contribution is -1.95. The highest BCUT2D eigenvalue weighted by Crippen LogP contribution is 2.14. The van der Waals surface area contributed by atoms with E-state index >= 15 is 0 Å². The Morgan fingerprint density at radius 2 is 1.50 bits per heavy atom. The topological polar surface area (TPSA) is 4.93 Å². The molecule has 0 N–H and O–H groups in total. The smallest absolute Gasteiger partial charge is 0.0470 e. The van der Waals surface area contributed by atoms with Crippen LogP contribution in [0.25, 0.3) is 12.2 Å². The van der Waals surface area contributed by atoms with Crippen LogP contribution in [0.5, 0.6) is 0 Å². The van der Waals surface area contributed by atoms with Gasteiger partial charge in [-0.25, -0.2) is 0 Å². The van der Waals surface area contributed by atoms with Gasteiger partial charge in [0.15, 0.2) is 0 Å². The van der Waals surface area contributed by atoms with E-state index < -0.39 is 0 Å². The number of rotatable bonds is 4. The number of aromatic nitrogens is 1. The van der Waals surface area contributed by atoms with Crippen LogP contribution < -0.4 is 0 Å². The molecule has 0 aliphatic carbocycles. The maximum Gasteiger partial charge on any atom is 0.0470 e. The highest BCUT2D eigenvalue weighted by Gasteiger charge is 2.01. The molecule has 0 saturated heterocycles. The van der Waals surface area contributed by atoms with E-state index in [1.807, 2.05) is 18.2 Å². The van der Waals surface area contributed by atoms with Crippen LogP contribution >= 0.6 is 0 Å². The lowest BCUT2D eigenvalue weighted by atomic mass is 10.2. The summed E-state index contributed by atoms with van der Waals surface area (Å²) in [6.07, 6.45) is 7.91. The molecule has 0 spiro atoms. The Labute approximate surface area is 96.4 Å². The molecule has 2 rings (SSSR count). The minimum atomic E-state index is 0.884. The van der Waals surface area contributed by atoms with Crippen LogP contribution in [0.15, 0.2) is 55.9 Å².